The summed E-state index contributed by atoms with van der Waals surface area (Å²) in [5, 5.41) is 14.0. The first-order valence-corrected chi connectivity index (χ1v) is 18.4. The van der Waals surface area contributed by atoms with Crippen molar-refractivity contribution in [1.82, 2.24) is 0 Å². The Morgan fingerprint density at radius 2 is 0.896 bits per heavy atom. The number of benzene rings is 2. The maximum absolute atomic E-state index is 13.3. The number of carbonyl (C=O) groups is 4. The molecule has 0 fully saturated rings. The molecule has 244 valence electrons. The second-order valence-corrected chi connectivity index (χ2v) is 14.3. The highest BCUT2D eigenvalue weighted by molar-refractivity contribution is 7.31. The summed E-state index contributed by atoms with van der Waals surface area (Å²) in [6.07, 6.45) is 0. The first kappa shape index (κ1) is 33.3. The largest absolute Gasteiger partial charge is 0.478 e. The Bertz CT molecular complexity index is 2120. The Hall–Kier alpha value is -4.62. The van der Waals surface area contributed by atoms with E-state index in [-0.39, 0.29) is 30.9 Å². The summed E-state index contributed by atoms with van der Waals surface area (Å²) in [5.41, 5.74) is 3.02. The lowest BCUT2D eigenvalue weighted by atomic mass is 9.96. The van der Waals surface area contributed by atoms with E-state index in [1.54, 1.807) is 39.0 Å². The van der Waals surface area contributed by atoms with Gasteiger partial charge in [0.15, 0.2) is 0 Å². The number of aromatic carboxylic acids is 1. The highest BCUT2D eigenvalue weighted by Gasteiger charge is 2.26. The number of thiophene rings is 4. The van der Waals surface area contributed by atoms with E-state index < -0.39 is 23.9 Å². The van der Waals surface area contributed by atoms with Gasteiger partial charge in [-0.2, -0.15) is 0 Å². The quantitative estimate of drug-likeness (QED) is 0.104. The molecular weight excluding hydrogens is 689 g/mol. The summed E-state index contributed by atoms with van der Waals surface area (Å²) in [5.74, 6) is -2.66. The van der Waals surface area contributed by atoms with Crippen LogP contribution in [0.1, 0.15) is 62.2 Å². The summed E-state index contributed by atoms with van der Waals surface area (Å²) >= 11 is 5.63. The van der Waals surface area contributed by atoms with Crippen molar-refractivity contribution in [2.24, 2.45) is 0 Å². The van der Waals surface area contributed by atoms with Gasteiger partial charge >= 0.3 is 23.9 Å². The fraction of sp³-hybridized carbons (Fsp3) is 0.167. The fourth-order valence-electron chi connectivity index (χ4n) is 5.29. The molecule has 8 nitrogen and oxygen atoms in total. The standard InChI is InChI=1S/C36H28O8S4/c1-4-42-34(39)24-14-19(23(33(37)38)13-20(24)27-9-7-11-45-27)29-17-31-32(47-29)18-30(48-31)22-16-25(35(40)43-5-2)21(28-10-8-12-46-28)15-26(22)36(41)44-6-3/h7-18H,4-6H2,1-3H3,(H,37,38). The van der Waals surface area contributed by atoms with Gasteiger partial charge in [-0.3, -0.25) is 0 Å². The molecular formula is C36H28O8S4. The van der Waals surface area contributed by atoms with Crippen molar-refractivity contribution in [1.29, 1.82) is 0 Å². The third kappa shape index (κ3) is 6.44. The van der Waals surface area contributed by atoms with Gasteiger partial charge in [0.05, 0.1) is 42.1 Å². The molecule has 0 amide bonds. The third-order valence-corrected chi connectivity index (χ3v) is 11.5. The molecule has 4 aromatic heterocycles. The zero-order valence-electron chi connectivity index (χ0n) is 26.0. The number of hydrogen-bond donors (Lipinski definition) is 1. The van der Waals surface area contributed by atoms with Crippen LogP contribution in [0.25, 0.3) is 51.2 Å². The van der Waals surface area contributed by atoms with Gasteiger partial charge in [0.1, 0.15) is 0 Å². The van der Waals surface area contributed by atoms with E-state index in [1.807, 2.05) is 47.2 Å². The molecule has 0 aliphatic heterocycles. The predicted molar refractivity (Wildman–Crippen MR) is 192 cm³/mol. The highest BCUT2D eigenvalue weighted by Crippen LogP contribution is 2.46. The van der Waals surface area contributed by atoms with Crippen LogP contribution >= 0.6 is 45.3 Å². The molecule has 1 N–H and O–H groups in total. The van der Waals surface area contributed by atoms with Gasteiger partial charge in [0.25, 0.3) is 0 Å². The Morgan fingerprint density at radius 1 is 0.542 bits per heavy atom. The van der Waals surface area contributed by atoms with Crippen LogP contribution in [0, 0.1) is 0 Å². The number of fused-ring (bicyclic) bond motifs is 1. The molecule has 12 heteroatoms. The van der Waals surface area contributed by atoms with Crippen molar-refractivity contribution in [3.63, 3.8) is 0 Å². The lowest BCUT2D eigenvalue weighted by Crippen LogP contribution is -2.11. The molecule has 4 heterocycles. The van der Waals surface area contributed by atoms with Crippen molar-refractivity contribution >= 4 is 78.6 Å². The van der Waals surface area contributed by atoms with E-state index in [9.17, 15) is 24.3 Å². The van der Waals surface area contributed by atoms with Crippen molar-refractivity contribution in [2.45, 2.75) is 20.8 Å². The SMILES string of the molecule is CCOC(=O)c1cc(-c2cc3sc(-c4cc(C(=O)OCC)c(-c5cccs5)cc4C(=O)OCC)cc3s2)c(C(=O)O)cc1-c1cccs1. The fourth-order valence-corrected chi connectivity index (χ4v) is 9.26. The summed E-state index contributed by atoms with van der Waals surface area (Å²) in [7, 11) is 0. The van der Waals surface area contributed by atoms with E-state index >= 15 is 0 Å². The molecule has 0 unspecified atom stereocenters. The molecule has 0 radical (unpaired) electrons. The van der Waals surface area contributed by atoms with E-state index in [1.165, 1.54) is 51.4 Å². The minimum absolute atomic E-state index is 0.0633. The van der Waals surface area contributed by atoms with Crippen LogP contribution in [0.4, 0.5) is 0 Å². The number of hydrogen-bond acceptors (Lipinski definition) is 11. The monoisotopic (exact) mass is 716 g/mol. The van der Waals surface area contributed by atoms with Gasteiger partial charge in [-0.1, -0.05) is 12.1 Å². The summed E-state index contributed by atoms with van der Waals surface area (Å²) in [6, 6.07) is 17.7. The molecule has 2 aromatic carbocycles. The average Bonchev–Trinajstić information content (AvgIpc) is 3.90. The van der Waals surface area contributed by atoms with Crippen LogP contribution in [-0.4, -0.2) is 48.8 Å². The lowest BCUT2D eigenvalue weighted by molar-refractivity contribution is 0.0513. The maximum Gasteiger partial charge on any atom is 0.338 e. The average molecular weight is 717 g/mol. The predicted octanol–water partition coefficient (Wildman–Crippen LogP) is 9.98. The van der Waals surface area contributed by atoms with E-state index in [0.717, 1.165) is 24.0 Å². The molecule has 0 bridgehead atoms. The zero-order valence-corrected chi connectivity index (χ0v) is 29.3. The van der Waals surface area contributed by atoms with Gasteiger partial charge in [0.2, 0.25) is 0 Å². The minimum Gasteiger partial charge on any atom is -0.478 e. The van der Waals surface area contributed by atoms with Crippen LogP contribution in [0.15, 0.2) is 71.4 Å². The van der Waals surface area contributed by atoms with Crippen LogP contribution in [0.5, 0.6) is 0 Å². The van der Waals surface area contributed by atoms with Crippen LogP contribution < -0.4 is 0 Å². The third-order valence-electron chi connectivity index (χ3n) is 7.34. The van der Waals surface area contributed by atoms with Crippen LogP contribution in [-0.2, 0) is 14.2 Å². The number of esters is 3. The van der Waals surface area contributed by atoms with E-state index in [2.05, 4.69) is 0 Å². The van der Waals surface area contributed by atoms with Gasteiger partial charge in [-0.05, 0) is 80.1 Å². The van der Waals surface area contributed by atoms with Crippen molar-refractivity contribution in [2.75, 3.05) is 19.8 Å². The number of carboxylic acids is 1. The topological polar surface area (TPSA) is 116 Å². The van der Waals surface area contributed by atoms with Gasteiger partial charge in [0, 0.05) is 51.2 Å². The maximum atomic E-state index is 13.3. The number of carbonyl (C=O) groups excluding carboxylic acids is 3. The molecule has 0 atom stereocenters. The second kappa shape index (κ2) is 14.2. The van der Waals surface area contributed by atoms with Crippen molar-refractivity contribution < 1.29 is 38.5 Å². The Morgan fingerprint density at radius 3 is 1.23 bits per heavy atom. The van der Waals surface area contributed by atoms with E-state index in [0.29, 0.717) is 38.3 Å². The molecule has 0 aliphatic rings. The van der Waals surface area contributed by atoms with Gasteiger partial charge < -0.3 is 19.3 Å². The lowest BCUT2D eigenvalue weighted by Gasteiger charge is -2.14. The van der Waals surface area contributed by atoms with Crippen LogP contribution in [0.2, 0.25) is 0 Å². The Labute approximate surface area is 291 Å². The molecule has 0 saturated carbocycles. The van der Waals surface area contributed by atoms with Gasteiger partial charge in [-0.25, -0.2) is 19.2 Å². The smallest absolute Gasteiger partial charge is 0.338 e. The number of ether oxygens (including phenoxy) is 3. The number of rotatable bonds is 11. The van der Waals surface area contributed by atoms with Crippen molar-refractivity contribution in [3.8, 4) is 41.8 Å². The van der Waals surface area contributed by atoms with Crippen LogP contribution in [0.3, 0.4) is 0 Å². The molecule has 0 saturated heterocycles. The molecule has 6 aromatic rings. The van der Waals surface area contributed by atoms with E-state index in [4.69, 9.17) is 14.2 Å². The zero-order chi connectivity index (χ0) is 33.9. The van der Waals surface area contributed by atoms with Gasteiger partial charge in [-0.15, -0.1) is 45.3 Å². The molecule has 0 aliphatic carbocycles. The molecule has 0 spiro atoms. The minimum atomic E-state index is -1.12. The summed E-state index contributed by atoms with van der Waals surface area (Å²) < 4.78 is 17.8. The molecule has 48 heavy (non-hydrogen) atoms. The Kier molecular flexibility index (Phi) is 9.88. The second-order valence-electron chi connectivity index (χ2n) is 10.3. The highest BCUT2D eigenvalue weighted by atomic mass is 32.1. The number of carboxylic acid groups (broad SMARTS) is 1. The summed E-state index contributed by atoms with van der Waals surface area (Å²) in [6.45, 7) is 5.75. The first-order valence-electron chi connectivity index (χ1n) is 15.0. The first-order chi connectivity index (χ1) is 23.2. The summed E-state index contributed by atoms with van der Waals surface area (Å²) in [4.78, 5) is 55.0. The normalized spacial score (nSPS) is 11.1. The molecule has 6 rings (SSSR count). The van der Waals surface area contributed by atoms with Crippen molar-refractivity contribution in [3.05, 3.63) is 93.7 Å². The Balaban J connectivity index is 1.49.